The molecule has 1 aliphatic heterocycles. The fourth-order valence-corrected chi connectivity index (χ4v) is 3.65. The summed E-state index contributed by atoms with van der Waals surface area (Å²) >= 11 is 0. The number of aromatic hydroxyl groups is 1. The summed E-state index contributed by atoms with van der Waals surface area (Å²) in [5, 5.41) is 16.2. The molecule has 12 heteroatoms. The van der Waals surface area contributed by atoms with Gasteiger partial charge >= 0.3 is 6.18 Å². The number of alkyl halides is 3. The van der Waals surface area contributed by atoms with E-state index in [1.54, 1.807) is 7.05 Å². The number of aromatic nitrogens is 4. The van der Waals surface area contributed by atoms with Crippen LogP contribution in [0.15, 0.2) is 12.3 Å². The molecule has 186 valence electrons. The number of aryl methyl sites for hydroxylation is 1. The Bertz CT molecular complexity index is 1160. The summed E-state index contributed by atoms with van der Waals surface area (Å²) in [6.07, 6.45) is 0.580. The Labute approximate surface area is 193 Å². The average Bonchev–Trinajstić information content (AvgIpc) is 3.13. The molecule has 1 atom stereocenters. The first-order valence-corrected chi connectivity index (χ1v) is 10.7. The Morgan fingerprint density at radius 1 is 1.21 bits per heavy atom. The molecule has 1 fully saturated rings. The van der Waals surface area contributed by atoms with E-state index in [9.17, 15) is 27.1 Å². The Kier molecular flexibility index (Phi) is 7.59. The number of rotatable bonds is 3. The van der Waals surface area contributed by atoms with Crippen molar-refractivity contribution >= 4 is 17.0 Å². The zero-order valence-electron chi connectivity index (χ0n) is 19.2. The van der Waals surface area contributed by atoms with Gasteiger partial charge in [0.2, 0.25) is 5.95 Å². The molecular formula is C22H26F5N5O2. The van der Waals surface area contributed by atoms with Gasteiger partial charge in [0.25, 0.3) is 0 Å². The van der Waals surface area contributed by atoms with Crippen molar-refractivity contribution in [2.45, 2.75) is 45.4 Å². The van der Waals surface area contributed by atoms with E-state index in [4.69, 9.17) is 4.74 Å². The topological polar surface area (TPSA) is 85.1 Å². The smallest absolute Gasteiger partial charge is 0.419 e. The zero-order chi connectivity index (χ0) is 25.2. The van der Waals surface area contributed by atoms with Crippen LogP contribution in [0.4, 0.5) is 27.9 Å². The van der Waals surface area contributed by atoms with Crippen LogP contribution in [0.3, 0.4) is 0 Å². The lowest BCUT2D eigenvalue weighted by Gasteiger charge is -2.25. The Morgan fingerprint density at radius 2 is 1.91 bits per heavy atom. The van der Waals surface area contributed by atoms with Gasteiger partial charge in [0, 0.05) is 32.5 Å². The Hall–Kier alpha value is -3.02. The van der Waals surface area contributed by atoms with E-state index in [1.807, 2.05) is 0 Å². The van der Waals surface area contributed by atoms with Gasteiger partial charge < -0.3 is 15.2 Å². The summed E-state index contributed by atoms with van der Waals surface area (Å²) in [5.41, 5.74) is -2.55. The molecule has 0 bridgehead atoms. The highest BCUT2D eigenvalue weighted by Crippen LogP contribution is 2.41. The molecule has 0 amide bonds. The third-order valence-corrected chi connectivity index (χ3v) is 5.50. The minimum atomic E-state index is -5.12. The van der Waals surface area contributed by atoms with E-state index in [-0.39, 0.29) is 28.7 Å². The lowest BCUT2D eigenvalue weighted by molar-refractivity contribution is -0.140. The molecule has 1 unspecified atom stereocenters. The summed E-state index contributed by atoms with van der Waals surface area (Å²) in [6.45, 7) is 5.45. The zero-order valence-corrected chi connectivity index (χ0v) is 19.2. The monoisotopic (exact) mass is 487 g/mol. The van der Waals surface area contributed by atoms with Crippen molar-refractivity contribution in [3.8, 4) is 17.0 Å². The maximum atomic E-state index is 14.2. The fraction of sp³-hybridized carbons (Fsp3) is 0.500. The number of nitrogens with zero attached hydrogens (tertiary/aromatic N) is 4. The number of phenols is 1. The molecule has 1 aliphatic rings. The molecule has 1 saturated heterocycles. The van der Waals surface area contributed by atoms with Crippen LogP contribution < -0.4 is 5.32 Å². The van der Waals surface area contributed by atoms with Crippen molar-refractivity contribution in [1.82, 2.24) is 19.7 Å². The maximum Gasteiger partial charge on any atom is 0.419 e. The second-order valence-electron chi connectivity index (χ2n) is 8.25. The predicted octanol–water partition coefficient (Wildman–Crippen LogP) is 5.29. The van der Waals surface area contributed by atoms with Crippen LogP contribution in [0.25, 0.3) is 22.3 Å². The van der Waals surface area contributed by atoms with Gasteiger partial charge in [-0.2, -0.15) is 23.3 Å². The average molecular weight is 487 g/mol. The van der Waals surface area contributed by atoms with Gasteiger partial charge in [-0.25, -0.2) is 18.4 Å². The molecule has 3 heterocycles. The number of fused-ring (bicyclic) bond motifs is 1. The van der Waals surface area contributed by atoms with E-state index in [0.29, 0.717) is 12.0 Å². The number of hydrogen-bond acceptors (Lipinski definition) is 6. The molecule has 0 saturated carbocycles. The third kappa shape index (κ3) is 5.21. The SMILES string of the molecule is CC(C)C1CCCCO1.CNc1ncc2c(-c3cc(C(F)(F)F)c(F)c(O)c3F)nn(C)c2n1. The Morgan fingerprint density at radius 3 is 2.44 bits per heavy atom. The summed E-state index contributed by atoms with van der Waals surface area (Å²) < 4.78 is 73.4. The first-order valence-electron chi connectivity index (χ1n) is 10.7. The van der Waals surface area contributed by atoms with Crippen LogP contribution in [-0.2, 0) is 18.0 Å². The minimum Gasteiger partial charge on any atom is -0.503 e. The molecule has 0 radical (unpaired) electrons. The highest BCUT2D eigenvalue weighted by Gasteiger charge is 2.38. The van der Waals surface area contributed by atoms with Gasteiger partial charge in [-0.05, 0) is 31.2 Å². The first-order chi connectivity index (χ1) is 16.0. The summed E-state index contributed by atoms with van der Waals surface area (Å²) in [4.78, 5) is 7.99. The molecule has 2 N–H and O–H groups in total. The number of benzene rings is 1. The number of anilines is 1. The van der Waals surface area contributed by atoms with E-state index in [0.717, 1.165) is 6.61 Å². The largest absolute Gasteiger partial charge is 0.503 e. The Balaban J connectivity index is 0.000000302. The van der Waals surface area contributed by atoms with Crippen LogP contribution in [0.1, 0.15) is 38.7 Å². The fourth-order valence-electron chi connectivity index (χ4n) is 3.65. The van der Waals surface area contributed by atoms with Gasteiger partial charge in [-0.3, -0.25) is 0 Å². The lowest BCUT2D eigenvalue weighted by atomic mass is 9.99. The first kappa shape index (κ1) is 25.6. The third-order valence-electron chi connectivity index (χ3n) is 5.50. The van der Waals surface area contributed by atoms with Crippen molar-refractivity contribution in [3.05, 3.63) is 29.5 Å². The molecule has 4 rings (SSSR count). The van der Waals surface area contributed by atoms with Gasteiger partial charge in [-0.1, -0.05) is 13.8 Å². The van der Waals surface area contributed by atoms with Crippen LogP contribution >= 0.6 is 0 Å². The van der Waals surface area contributed by atoms with E-state index < -0.39 is 34.7 Å². The number of phenolic OH excluding ortho intramolecular Hbond substituents is 1. The number of nitrogens with one attached hydrogen (secondary N) is 1. The van der Waals surface area contributed by atoms with Gasteiger partial charge in [0.15, 0.2) is 23.0 Å². The number of halogens is 5. The quantitative estimate of drug-likeness (QED) is 0.489. The summed E-state index contributed by atoms with van der Waals surface area (Å²) in [7, 11) is 3.01. The van der Waals surface area contributed by atoms with Crippen LogP contribution in [0, 0.1) is 17.6 Å². The van der Waals surface area contributed by atoms with Crippen LogP contribution in [0.2, 0.25) is 0 Å². The standard InChI is InChI=1S/C14H10F5N5O.C8H16O/c1-20-13-21-4-6-10(23-24(2)12(6)22-13)5-3-7(14(17,18)19)9(16)11(25)8(5)15;1-7(2)8-5-3-4-6-9-8/h3-4,25H,1-2H3,(H,20,21,22);7-8H,3-6H2,1-2H3. The van der Waals surface area contributed by atoms with E-state index in [2.05, 4.69) is 34.2 Å². The molecular weight excluding hydrogens is 461 g/mol. The molecule has 7 nitrogen and oxygen atoms in total. The molecule has 2 aromatic heterocycles. The highest BCUT2D eigenvalue weighted by atomic mass is 19.4. The van der Waals surface area contributed by atoms with Crippen molar-refractivity contribution in [2.24, 2.45) is 13.0 Å². The molecule has 0 spiro atoms. The van der Waals surface area contributed by atoms with Gasteiger partial charge in [0.1, 0.15) is 5.69 Å². The second kappa shape index (κ2) is 10.1. The maximum absolute atomic E-state index is 14.2. The van der Waals surface area contributed by atoms with E-state index >= 15 is 0 Å². The van der Waals surface area contributed by atoms with E-state index in [1.165, 1.54) is 37.2 Å². The van der Waals surface area contributed by atoms with Crippen molar-refractivity contribution in [2.75, 3.05) is 19.0 Å². The molecule has 0 aliphatic carbocycles. The molecule has 3 aromatic rings. The van der Waals surface area contributed by atoms with Crippen molar-refractivity contribution in [3.63, 3.8) is 0 Å². The van der Waals surface area contributed by atoms with Crippen LogP contribution in [-0.4, -0.2) is 44.6 Å². The summed E-state index contributed by atoms with van der Waals surface area (Å²) in [6, 6.07) is 0.262. The van der Waals surface area contributed by atoms with Crippen molar-refractivity contribution in [1.29, 1.82) is 0 Å². The van der Waals surface area contributed by atoms with Crippen LogP contribution in [0.5, 0.6) is 5.75 Å². The highest BCUT2D eigenvalue weighted by molar-refractivity contribution is 5.91. The molecule has 1 aromatic carbocycles. The van der Waals surface area contributed by atoms with Gasteiger partial charge in [0.05, 0.1) is 17.1 Å². The molecule has 34 heavy (non-hydrogen) atoms. The second-order valence-corrected chi connectivity index (χ2v) is 8.25. The minimum absolute atomic E-state index is 0.138. The van der Waals surface area contributed by atoms with Crippen molar-refractivity contribution < 1.29 is 31.8 Å². The number of ether oxygens (including phenoxy) is 1. The van der Waals surface area contributed by atoms with Gasteiger partial charge in [-0.15, -0.1) is 0 Å². The normalized spacial score (nSPS) is 16.5. The predicted molar refractivity (Wildman–Crippen MR) is 116 cm³/mol. The number of hydrogen-bond donors (Lipinski definition) is 2. The lowest BCUT2D eigenvalue weighted by Crippen LogP contribution is -2.24. The summed E-state index contributed by atoms with van der Waals surface area (Å²) in [5.74, 6) is -4.42.